The molecule has 0 saturated carbocycles. The molecule has 10 heteroatoms. The summed E-state index contributed by atoms with van der Waals surface area (Å²) >= 11 is 0. The Morgan fingerprint density at radius 3 is 1.68 bits per heavy atom. The van der Waals surface area contributed by atoms with Crippen LogP contribution in [0.25, 0.3) is 0 Å². The maximum Gasteiger partial charge on any atom is 0.473 e. The molecule has 0 rings (SSSR count). The molecule has 0 aliphatic carbocycles. The summed E-state index contributed by atoms with van der Waals surface area (Å²) in [4.78, 5) is 28.4. The summed E-state index contributed by atoms with van der Waals surface area (Å²) in [6.45, 7) is 5.51. The summed E-state index contributed by atoms with van der Waals surface area (Å²) in [7, 11) is -9.30. The fourth-order valence-electron chi connectivity index (χ4n) is 2.35. The van der Waals surface area contributed by atoms with Crippen molar-refractivity contribution in [2.24, 2.45) is 0 Å². The first-order valence-electron chi connectivity index (χ1n) is 8.31. The number of hydrogen-bond donors (Lipinski definition) is 3. The Bertz CT molecular complexity index is 258. The predicted molar refractivity (Wildman–Crippen MR) is 97.7 cm³/mol. The van der Waals surface area contributed by atoms with Crippen LogP contribution in [0.3, 0.4) is 0 Å². The molecule has 3 N–H and O–H groups in total. The maximum atomic E-state index is 9.99. The molecule has 0 bridgehead atoms. The van der Waals surface area contributed by atoms with Crippen LogP contribution < -0.4 is 0 Å². The van der Waals surface area contributed by atoms with Crippen LogP contribution in [0.15, 0.2) is 0 Å². The Morgan fingerprint density at radius 1 is 0.818 bits per heavy atom. The second-order valence-electron chi connectivity index (χ2n) is 6.00. The van der Waals surface area contributed by atoms with Gasteiger partial charge in [0, 0.05) is 6.04 Å². The molecule has 0 heterocycles. The molecule has 0 unspecified atom stereocenters. The molecular weight excluding hydrogens is 352 g/mol. The zero-order valence-corrected chi connectivity index (χ0v) is 19.2. The monoisotopic (exact) mass is 386 g/mol. The van der Waals surface area contributed by atoms with Crippen molar-refractivity contribution in [1.29, 1.82) is 0 Å². The summed E-state index contributed by atoms with van der Waals surface area (Å²) in [5, 5.41) is 0. The zero-order chi connectivity index (χ0) is 16.9. The molecule has 6 nitrogen and oxygen atoms in total. The Morgan fingerprint density at radius 2 is 1.27 bits per heavy atom. The van der Waals surface area contributed by atoms with E-state index in [-0.39, 0.29) is 0 Å². The van der Waals surface area contributed by atoms with Gasteiger partial charge in [-0.3, -0.25) is 0 Å². The third-order valence-corrected chi connectivity index (χ3v) is 12.1. The van der Waals surface area contributed by atoms with Crippen molar-refractivity contribution < 1.29 is 26.7 Å². The third-order valence-electron chi connectivity index (χ3n) is 3.31. The van der Waals surface area contributed by atoms with E-state index in [0.717, 1.165) is 12.8 Å². The lowest BCUT2D eigenvalue weighted by Crippen LogP contribution is -2.54. The van der Waals surface area contributed by atoms with E-state index in [0.29, 0.717) is 6.04 Å². The zero-order valence-electron chi connectivity index (χ0n) is 14.3. The van der Waals surface area contributed by atoms with E-state index in [4.69, 9.17) is 12.3 Å². The van der Waals surface area contributed by atoms with Gasteiger partial charge in [0.25, 0.3) is 20.0 Å². The summed E-state index contributed by atoms with van der Waals surface area (Å²) in [5.41, 5.74) is 0. The number of hydrogen-bond acceptors (Lipinski definition) is 6. The van der Waals surface area contributed by atoms with Gasteiger partial charge in [0.05, 0.1) is 0 Å². The van der Waals surface area contributed by atoms with Crippen molar-refractivity contribution in [3.05, 3.63) is 0 Å². The second kappa shape index (κ2) is 13.0. The van der Waals surface area contributed by atoms with Crippen LogP contribution >= 0.6 is 0 Å². The van der Waals surface area contributed by atoms with Crippen LogP contribution in [0, 0.1) is 0 Å². The molecule has 22 heavy (non-hydrogen) atoms. The Labute approximate surface area is 141 Å². The largest absolute Gasteiger partial charge is 0.473 e. The van der Waals surface area contributed by atoms with Crippen molar-refractivity contribution >= 4 is 37.4 Å². The highest BCUT2D eigenvalue weighted by atomic mass is 28.5. The standard InChI is InChI=1S/C12H34O6Si4/c1-4-5-6-7-8-9-10-11-12-22(16-19-13,17-20-14)18-21(2,3)15/h13-15H,4-12,19-20H2,1-3H3. The molecule has 0 aromatic carbocycles. The average molecular weight is 387 g/mol. The quantitative estimate of drug-likeness (QED) is 0.285. The first-order chi connectivity index (χ1) is 10.4. The van der Waals surface area contributed by atoms with Gasteiger partial charge >= 0.3 is 17.4 Å². The van der Waals surface area contributed by atoms with Crippen LogP contribution in [-0.2, 0) is 12.3 Å². The van der Waals surface area contributed by atoms with Crippen LogP contribution in [0.1, 0.15) is 58.3 Å². The van der Waals surface area contributed by atoms with Gasteiger partial charge in [-0.1, -0.05) is 51.9 Å². The molecule has 0 fully saturated rings. The minimum absolute atomic E-state index is 0.570. The first-order valence-corrected chi connectivity index (χ1v) is 15.5. The van der Waals surface area contributed by atoms with E-state index in [2.05, 4.69) is 6.92 Å². The highest BCUT2D eigenvalue weighted by Gasteiger charge is 2.44. The molecule has 134 valence electrons. The van der Waals surface area contributed by atoms with Gasteiger partial charge in [0.1, 0.15) is 0 Å². The van der Waals surface area contributed by atoms with Gasteiger partial charge in [-0.25, -0.2) is 0 Å². The number of rotatable bonds is 15. The molecule has 0 aromatic heterocycles. The summed E-state index contributed by atoms with van der Waals surface area (Å²) in [6.07, 6.45) is 9.51. The molecule has 0 atom stereocenters. The topological polar surface area (TPSA) is 88.4 Å². The summed E-state index contributed by atoms with van der Waals surface area (Å²) in [6, 6.07) is 0.570. The third kappa shape index (κ3) is 12.1. The lowest BCUT2D eigenvalue weighted by atomic mass is 10.1. The average Bonchev–Trinajstić information content (AvgIpc) is 2.40. The van der Waals surface area contributed by atoms with Crippen molar-refractivity contribution in [3.8, 4) is 0 Å². The fraction of sp³-hybridized carbons (Fsp3) is 1.00. The molecule has 0 aromatic rings. The second-order valence-corrected chi connectivity index (χ2v) is 14.4. The molecule has 0 spiro atoms. The van der Waals surface area contributed by atoms with Gasteiger partial charge < -0.3 is 26.7 Å². The van der Waals surface area contributed by atoms with E-state index in [1.807, 2.05) is 0 Å². The van der Waals surface area contributed by atoms with Crippen LogP contribution in [0.5, 0.6) is 0 Å². The van der Waals surface area contributed by atoms with Gasteiger partial charge in [0.2, 0.25) is 0 Å². The van der Waals surface area contributed by atoms with Crippen LogP contribution in [-0.4, -0.2) is 51.8 Å². The normalized spacial score (nSPS) is 16.1. The van der Waals surface area contributed by atoms with Gasteiger partial charge in [0.15, 0.2) is 0 Å². The maximum absolute atomic E-state index is 9.99. The smallest absolute Gasteiger partial charge is 0.416 e. The SMILES string of the molecule is CCCCCCCCCC[Si](O[SiH2]O)(O[SiH2]O)O[Si](C)(C)O. The highest BCUT2D eigenvalue weighted by Crippen LogP contribution is 2.23. The van der Waals surface area contributed by atoms with Crippen molar-refractivity contribution in [2.45, 2.75) is 77.4 Å². The number of unbranched alkanes of at least 4 members (excludes halogenated alkanes) is 7. The van der Waals surface area contributed by atoms with Crippen LogP contribution in [0.2, 0.25) is 19.1 Å². The summed E-state index contributed by atoms with van der Waals surface area (Å²) < 4.78 is 16.6. The Kier molecular flexibility index (Phi) is 13.3. The molecule has 0 aliphatic heterocycles. The predicted octanol–water partition coefficient (Wildman–Crippen LogP) is 0.792. The van der Waals surface area contributed by atoms with Crippen molar-refractivity contribution in [3.63, 3.8) is 0 Å². The van der Waals surface area contributed by atoms with Gasteiger partial charge in [-0.2, -0.15) is 0 Å². The van der Waals surface area contributed by atoms with Crippen molar-refractivity contribution in [2.75, 3.05) is 0 Å². The fourth-order valence-corrected chi connectivity index (χ4v) is 11.8. The van der Waals surface area contributed by atoms with E-state index in [9.17, 15) is 14.4 Å². The molecule has 0 radical (unpaired) electrons. The highest BCUT2D eigenvalue weighted by molar-refractivity contribution is 6.79. The summed E-state index contributed by atoms with van der Waals surface area (Å²) in [5.74, 6) is 0. The Balaban J connectivity index is 4.17. The lowest BCUT2D eigenvalue weighted by molar-refractivity contribution is 0.212. The van der Waals surface area contributed by atoms with E-state index >= 15 is 0 Å². The van der Waals surface area contributed by atoms with Gasteiger partial charge in [-0.15, -0.1) is 0 Å². The van der Waals surface area contributed by atoms with Crippen LogP contribution in [0.4, 0.5) is 0 Å². The molecular formula is C12H34O6Si4. The van der Waals surface area contributed by atoms with E-state index in [1.165, 1.54) is 38.5 Å². The first kappa shape index (κ1) is 22.6. The molecule has 0 amide bonds. The van der Waals surface area contributed by atoms with E-state index < -0.39 is 37.4 Å². The minimum Gasteiger partial charge on any atom is -0.416 e. The molecule has 0 saturated heterocycles. The molecule has 0 aliphatic rings. The van der Waals surface area contributed by atoms with Gasteiger partial charge in [-0.05, 0) is 19.5 Å². The van der Waals surface area contributed by atoms with Crippen molar-refractivity contribution in [1.82, 2.24) is 0 Å². The Hall–Kier alpha value is 0.628. The lowest BCUT2D eigenvalue weighted by Gasteiger charge is -2.33. The minimum atomic E-state index is -3.08. The van der Waals surface area contributed by atoms with E-state index in [1.54, 1.807) is 13.1 Å².